The predicted octanol–water partition coefficient (Wildman–Crippen LogP) is 3.11. The van der Waals surface area contributed by atoms with Crippen molar-refractivity contribution in [2.45, 2.75) is 11.9 Å². The highest BCUT2D eigenvalue weighted by Crippen LogP contribution is 2.22. The summed E-state index contributed by atoms with van der Waals surface area (Å²) in [6, 6.07) is 12.3. The summed E-state index contributed by atoms with van der Waals surface area (Å²) in [6.45, 7) is 3.00. The summed E-state index contributed by atoms with van der Waals surface area (Å²) in [6.07, 6.45) is 0. The first-order valence-corrected chi connectivity index (χ1v) is 7.32. The van der Waals surface area contributed by atoms with Crippen molar-refractivity contribution < 1.29 is 0 Å². The molecule has 0 amide bonds. The highest BCUT2D eigenvalue weighted by Gasteiger charge is 2.05. The Bertz CT molecular complexity index is 526. The average Bonchev–Trinajstić information content (AvgIpc) is 2.39. The SMILES string of the molecule is Cc1nc(SCCN(C)C)cc(-c2ccccc2)n1. The molecule has 2 aromatic rings. The van der Waals surface area contributed by atoms with Crippen LogP contribution < -0.4 is 0 Å². The molecule has 0 fully saturated rings. The van der Waals surface area contributed by atoms with Crippen molar-refractivity contribution in [2.24, 2.45) is 0 Å². The zero-order valence-corrected chi connectivity index (χ0v) is 12.4. The van der Waals surface area contributed by atoms with E-state index >= 15 is 0 Å². The van der Waals surface area contributed by atoms with Gasteiger partial charge in [-0.1, -0.05) is 30.3 Å². The number of hydrogen-bond donors (Lipinski definition) is 0. The summed E-state index contributed by atoms with van der Waals surface area (Å²) >= 11 is 1.78. The van der Waals surface area contributed by atoms with E-state index in [0.717, 1.165) is 34.4 Å². The molecule has 0 aliphatic carbocycles. The fourth-order valence-electron chi connectivity index (χ4n) is 1.70. The summed E-state index contributed by atoms with van der Waals surface area (Å²) in [7, 11) is 4.17. The lowest BCUT2D eigenvalue weighted by Gasteiger charge is -2.09. The lowest BCUT2D eigenvalue weighted by atomic mass is 10.1. The van der Waals surface area contributed by atoms with Crippen LogP contribution in [0.3, 0.4) is 0 Å². The maximum atomic E-state index is 4.51. The van der Waals surface area contributed by atoms with Gasteiger partial charge in [-0.15, -0.1) is 11.8 Å². The minimum absolute atomic E-state index is 0.828. The van der Waals surface area contributed by atoms with Crippen molar-refractivity contribution in [3.05, 3.63) is 42.2 Å². The van der Waals surface area contributed by atoms with Gasteiger partial charge in [0.05, 0.1) is 5.69 Å². The average molecular weight is 273 g/mol. The Morgan fingerprint density at radius 2 is 1.84 bits per heavy atom. The van der Waals surface area contributed by atoms with E-state index in [0.29, 0.717) is 0 Å². The molecule has 0 saturated carbocycles. The van der Waals surface area contributed by atoms with E-state index in [1.165, 1.54) is 0 Å². The molecule has 2 rings (SSSR count). The minimum Gasteiger partial charge on any atom is -0.309 e. The Morgan fingerprint density at radius 3 is 2.53 bits per heavy atom. The topological polar surface area (TPSA) is 29.0 Å². The highest BCUT2D eigenvalue weighted by atomic mass is 32.2. The minimum atomic E-state index is 0.828. The molecule has 100 valence electrons. The van der Waals surface area contributed by atoms with Crippen LogP contribution in [0.5, 0.6) is 0 Å². The molecule has 0 bridgehead atoms. The first kappa shape index (κ1) is 14.0. The maximum absolute atomic E-state index is 4.51. The largest absolute Gasteiger partial charge is 0.309 e. The number of benzene rings is 1. The van der Waals surface area contributed by atoms with Gasteiger partial charge >= 0.3 is 0 Å². The molecule has 3 nitrogen and oxygen atoms in total. The smallest absolute Gasteiger partial charge is 0.127 e. The van der Waals surface area contributed by atoms with Crippen molar-refractivity contribution in [1.29, 1.82) is 0 Å². The number of aryl methyl sites for hydroxylation is 1. The number of hydrogen-bond acceptors (Lipinski definition) is 4. The van der Waals surface area contributed by atoms with Gasteiger partial charge in [-0.25, -0.2) is 9.97 Å². The van der Waals surface area contributed by atoms with Gasteiger partial charge in [0.15, 0.2) is 0 Å². The molecule has 1 aromatic carbocycles. The zero-order valence-electron chi connectivity index (χ0n) is 11.6. The third kappa shape index (κ3) is 4.33. The molecule has 0 aliphatic heterocycles. The van der Waals surface area contributed by atoms with E-state index in [2.05, 4.69) is 47.2 Å². The van der Waals surface area contributed by atoms with Crippen molar-refractivity contribution in [1.82, 2.24) is 14.9 Å². The predicted molar refractivity (Wildman–Crippen MR) is 81.5 cm³/mol. The number of nitrogens with zero attached hydrogens (tertiary/aromatic N) is 3. The summed E-state index contributed by atoms with van der Waals surface area (Å²) in [5.74, 6) is 1.87. The molecular formula is C15H19N3S. The number of rotatable bonds is 5. The van der Waals surface area contributed by atoms with Gasteiger partial charge in [0.2, 0.25) is 0 Å². The zero-order chi connectivity index (χ0) is 13.7. The van der Waals surface area contributed by atoms with Gasteiger partial charge < -0.3 is 4.90 Å². The molecule has 0 N–H and O–H groups in total. The van der Waals surface area contributed by atoms with Crippen molar-refractivity contribution >= 4 is 11.8 Å². The summed E-state index contributed by atoms with van der Waals surface area (Å²) < 4.78 is 0. The molecular weight excluding hydrogens is 254 g/mol. The van der Waals surface area contributed by atoms with Crippen LogP contribution in [-0.4, -0.2) is 41.3 Å². The van der Waals surface area contributed by atoms with Gasteiger partial charge in [0, 0.05) is 17.9 Å². The van der Waals surface area contributed by atoms with E-state index in [9.17, 15) is 0 Å². The van der Waals surface area contributed by atoms with Gasteiger partial charge in [0.25, 0.3) is 0 Å². The fraction of sp³-hybridized carbons (Fsp3) is 0.333. The standard InChI is InChI=1S/C15H19N3S/c1-12-16-14(13-7-5-4-6-8-13)11-15(17-12)19-10-9-18(2)3/h4-8,11H,9-10H2,1-3H3. The lowest BCUT2D eigenvalue weighted by Crippen LogP contribution is -2.14. The van der Waals surface area contributed by atoms with Crippen LogP contribution in [0, 0.1) is 6.92 Å². The molecule has 0 saturated heterocycles. The summed E-state index contributed by atoms with van der Waals surface area (Å²) in [5.41, 5.74) is 2.14. The highest BCUT2D eigenvalue weighted by molar-refractivity contribution is 7.99. The third-order valence-corrected chi connectivity index (χ3v) is 3.56. The van der Waals surface area contributed by atoms with Crippen LogP contribution >= 0.6 is 11.8 Å². The summed E-state index contributed by atoms with van der Waals surface area (Å²) in [4.78, 5) is 11.2. The van der Waals surface area contributed by atoms with E-state index in [-0.39, 0.29) is 0 Å². The summed E-state index contributed by atoms with van der Waals surface area (Å²) in [5, 5.41) is 1.05. The molecule has 19 heavy (non-hydrogen) atoms. The molecule has 0 aliphatic rings. The Labute approximate surface area is 119 Å². The molecule has 0 atom stereocenters. The Hall–Kier alpha value is -1.39. The second-order valence-corrected chi connectivity index (χ2v) is 5.77. The molecule has 0 unspecified atom stereocenters. The van der Waals surface area contributed by atoms with Crippen LogP contribution in [0.4, 0.5) is 0 Å². The second kappa shape index (κ2) is 6.68. The van der Waals surface area contributed by atoms with Crippen LogP contribution in [0.1, 0.15) is 5.82 Å². The normalized spacial score (nSPS) is 10.9. The van der Waals surface area contributed by atoms with E-state index in [1.54, 1.807) is 11.8 Å². The molecule has 0 spiro atoms. The Balaban J connectivity index is 2.16. The van der Waals surface area contributed by atoms with E-state index in [4.69, 9.17) is 0 Å². The quantitative estimate of drug-likeness (QED) is 0.618. The fourth-order valence-corrected chi connectivity index (χ4v) is 2.76. The van der Waals surface area contributed by atoms with Crippen molar-refractivity contribution in [3.8, 4) is 11.3 Å². The second-order valence-electron chi connectivity index (χ2n) is 4.66. The third-order valence-electron chi connectivity index (χ3n) is 2.67. The van der Waals surface area contributed by atoms with Gasteiger partial charge in [-0.2, -0.15) is 0 Å². The first-order valence-electron chi connectivity index (χ1n) is 6.34. The van der Waals surface area contributed by atoms with Crippen LogP contribution in [-0.2, 0) is 0 Å². The Morgan fingerprint density at radius 1 is 1.11 bits per heavy atom. The lowest BCUT2D eigenvalue weighted by molar-refractivity contribution is 0.437. The molecule has 4 heteroatoms. The van der Waals surface area contributed by atoms with Gasteiger partial charge in [0.1, 0.15) is 10.9 Å². The monoisotopic (exact) mass is 273 g/mol. The Kier molecular flexibility index (Phi) is 4.93. The van der Waals surface area contributed by atoms with Crippen molar-refractivity contribution in [3.63, 3.8) is 0 Å². The van der Waals surface area contributed by atoms with E-state index in [1.807, 2.05) is 25.1 Å². The molecule has 1 aromatic heterocycles. The maximum Gasteiger partial charge on any atom is 0.127 e. The molecule has 1 heterocycles. The molecule has 0 radical (unpaired) electrons. The van der Waals surface area contributed by atoms with Gasteiger partial charge in [-0.3, -0.25) is 0 Å². The number of thioether (sulfide) groups is 1. The van der Waals surface area contributed by atoms with Crippen molar-refractivity contribution in [2.75, 3.05) is 26.4 Å². The first-order chi connectivity index (χ1) is 9.15. The van der Waals surface area contributed by atoms with Crippen LogP contribution in [0.15, 0.2) is 41.4 Å². The van der Waals surface area contributed by atoms with Gasteiger partial charge in [-0.05, 0) is 27.1 Å². The van der Waals surface area contributed by atoms with Crippen LogP contribution in [0.25, 0.3) is 11.3 Å². The van der Waals surface area contributed by atoms with E-state index < -0.39 is 0 Å². The number of aromatic nitrogens is 2. The van der Waals surface area contributed by atoms with Crippen LogP contribution in [0.2, 0.25) is 0 Å².